The third kappa shape index (κ3) is 6.39. The van der Waals surface area contributed by atoms with Gasteiger partial charge < -0.3 is 14.8 Å². The van der Waals surface area contributed by atoms with Crippen molar-refractivity contribution in [2.75, 3.05) is 26.9 Å². The summed E-state index contributed by atoms with van der Waals surface area (Å²) >= 11 is 0. The van der Waals surface area contributed by atoms with Gasteiger partial charge in [-0.3, -0.25) is 4.79 Å². The molecule has 1 saturated carbocycles. The van der Waals surface area contributed by atoms with Gasteiger partial charge in [-0.15, -0.1) is 0 Å². The minimum atomic E-state index is -0.0189. The minimum Gasteiger partial charge on any atom is -0.382 e. The summed E-state index contributed by atoms with van der Waals surface area (Å²) in [5.41, 5.74) is 0.577. The topological polar surface area (TPSA) is 47.6 Å². The molecule has 1 aliphatic carbocycles. The highest BCUT2D eigenvalue weighted by Crippen LogP contribution is 2.45. The molecule has 4 heteroatoms. The van der Waals surface area contributed by atoms with Crippen LogP contribution < -0.4 is 5.32 Å². The number of nitrogens with one attached hydrogen (secondary N) is 1. The van der Waals surface area contributed by atoms with Crippen molar-refractivity contribution in [3.05, 3.63) is 0 Å². The van der Waals surface area contributed by atoms with Crippen LogP contribution in [-0.2, 0) is 14.3 Å². The molecule has 0 aliphatic heterocycles. The van der Waals surface area contributed by atoms with Crippen LogP contribution >= 0.6 is 0 Å². The van der Waals surface area contributed by atoms with Gasteiger partial charge in [-0.2, -0.15) is 0 Å². The average molecular weight is 271 g/mol. The van der Waals surface area contributed by atoms with Crippen LogP contribution in [0.1, 0.15) is 47.0 Å². The highest BCUT2D eigenvalue weighted by molar-refractivity contribution is 5.77. The fourth-order valence-electron chi connectivity index (χ4n) is 3.52. The summed E-state index contributed by atoms with van der Waals surface area (Å²) in [5.74, 6) is -0.0189. The number of carbonyl (C=O) groups is 1. The van der Waals surface area contributed by atoms with Crippen LogP contribution in [0.3, 0.4) is 0 Å². The van der Waals surface area contributed by atoms with E-state index >= 15 is 0 Å². The fraction of sp³-hybridized carbons (Fsp3) is 0.933. The summed E-state index contributed by atoms with van der Waals surface area (Å²) < 4.78 is 10.1. The van der Waals surface area contributed by atoms with Gasteiger partial charge in [-0.05, 0) is 30.1 Å². The maximum Gasteiger partial charge on any atom is 0.246 e. The Labute approximate surface area is 117 Å². The third-order valence-electron chi connectivity index (χ3n) is 3.59. The quantitative estimate of drug-likeness (QED) is 0.754. The zero-order chi connectivity index (χ0) is 14.5. The van der Waals surface area contributed by atoms with Crippen molar-refractivity contribution in [1.29, 1.82) is 0 Å². The maximum atomic E-state index is 11.8. The molecule has 0 saturated heterocycles. The Morgan fingerprint density at radius 3 is 2.26 bits per heavy atom. The average Bonchev–Trinajstić information content (AvgIpc) is 2.19. The Morgan fingerprint density at radius 2 is 1.74 bits per heavy atom. The lowest BCUT2D eigenvalue weighted by molar-refractivity contribution is -0.127. The number of amides is 1. The third-order valence-corrected chi connectivity index (χ3v) is 3.59. The van der Waals surface area contributed by atoms with E-state index in [1.165, 1.54) is 6.42 Å². The van der Waals surface area contributed by atoms with Crippen molar-refractivity contribution < 1.29 is 14.3 Å². The Kier molecular flexibility index (Phi) is 5.81. The van der Waals surface area contributed by atoms with Crippen LogP contribution in [0.15, 0.2) is 0 Å². The number of ether oxygens (including phenoxy) is 2. The number of carbonyl (C=O) groups excluding carboxylic acids is 1. The van der Waals surface area contributed by atoms with Gasteiger partial charge in [-0.25, -0.2) is 0 Å². The van der Waals surface area contributed by atoms with Crippen molar-refractivity contribution in [1.82, 2.24) is 5.32 Å². The molecule has 112 valence electrons. The van der Waals surface area contributed by atoms with Gasteiger partial charge in [0.15, 0.2) is 0 Å². The second-order valence-electron chi connectivity index (χ2n) is 7.22. The first-order valence-electron chi connectivity index (χ1n) is 7.10. The van der Waals surface area contributed by atoms with E-state index in [1.807, 2.05) is 0 Å². The molecule has 1 fully saturated rings. The molecule has 19 heavy (non-hydrogen) atoms. The summed E-state index contributed by atoms with van der Waals surface area (Å²) in [7, 11) is 1.62. The molecule has 0 radical (unpaired) electrons. The van der Waals surface area contributed by atoms with E-state index in [0.717, 1.165) is 12.8 Å². The highest BCUT2D eigenvalue weighted by Gasteiger charge is 2.38. The molecule has 0 aromatic rings. The van der Waals surface area contributed by atoms with Crippen LogP contribution in [0, 0.1) is 10.8 Å². The second-order valence-corrected chi connectivity index (χ2v) is 7.22. The predicted octanol–water partition coefficient (Wildman–Crippen LogP) is 2.37. The van der Waals surface area contributed by atoms with Crippen LogP contribution in [-0.4, -0.2) is 38.9 Å². The fourth-order valence-corrected chi connectivity index (χ4v) is 3.52. The molecule has 0 unspecified atom stereocenters. The van der Waals surface area contributed by atoms with E-state index in [9.17, 15) is 4.79 Å². The Morgan fingerprint density at radius 1 is 1.16 bits per heavy atom. The monoisotopic (exact) mass is 271 g/mol. The van der Waals surface area contributed by atoms with Crippen molar-refractivity contribution >= 4 is 5.91 Å². The Bertz CT molecular complexity index is 284. The Hall–Kier alpha value is -0.610. The molecule has 0 heterocycles. The standard InChI is InChI=1S/C15H29NO3/c1-14(2)8-12(9-15(3,4)11-14)16-13(17)10-19-7-6-18-5/h12H,6-11H2,1-5H3,(H,16,17). The zero-order valence-corrected chi connectivity index (χ0v) is 13.0. The van der Waals surface area contributed by atoms with Crippen LogP contribution in [0.4, 0.5) is 0 Å². The summed E-state index contributed by atoms with van der Waals surface area (Å²) in [6, 6.07) is 0.261. The number of methoxy groups -OCH3 is 1. The molecule has 1 rings (SSSR count). The lowest BCUT2D eigenvalue weighted by atomic mass is 9.63. The molecular weight excluding hydrogens is 242 g/mol. The molecule has 0 spiro atoms. The van der Waals surface area contributed by atoms with Crippen LogP contribution in [0.25, 0.3) is 0 Å². The van der Waals surface area contributed by atoms with E-state index in [1.54, 1.807) is 7.11 Å². The second kappa shape index (κ2) is 6.71. The largest absolute Gasteiger partial charge is 0.382 e. The molecule has 0 aromatic carbocycles. The van der Waals surface area contributed by atoms with Gasteiger partial charge in [0.1, 0.15) is 6.61 Å². The van der Waals surface area contributed by atoms with Gasteiger partial charge in [0.05, 0.1) is 13.2 Å². The number of hydrogen-bond acceptors (Lipinski definition) is 3. The molecule has 4 nitrogen and oxygen atoms in total. The summed E-state index contributed by atoms with van der Waals surface area (Å²) in [6.07, 6.45) is 3.29. The number of rotatable bonds is 6. The summed E-state index contributed by atoms with van der Waals surface area (Å²) in [4.78, 5) is 11.8. The van der Waals surface area contributed by atoms with E-state index in [2.05, 4.69) is 33.0 Å². The van der Waals surface area contributed by atoms with Crippen molar-refractivity contribution in [2.24, 2.45) is 10.8 Å². The van der Waals surface area contributed by atoms with E-state index < -0.39 is 0 Å². The normalized spacial score (nSPS) is 22.2. The maximum absolute atomic E-state index is 11.8. The first-order valence-corrected chi connectivity index (χ1v) is 7.10. The zero-order valence-electron chi connectivity index (χ0n) is 13.0. The smallest absolute Gasteiger partial charge is 0.246 e. The molecule has 1 amide bonds. The van der Waals surface area contributed by atoms with Gasteiger partial charge in [0.2, 0.25) is 5.91 Å². The van der Waals surface area contributed by atoms with Gasteiger partial charge >= 0.3 is 0 Å². The lowest BCUT2D eigenvalue weighted by Gasteiger charge is -2.45. The highest BCUT2D eigenvalue weighted by atomic mass is 16.5. The number of hydrogen-bond donors (Lipinski definition) is 1. The summed E-state index contributed by atoms with van der Waals surface area (Å²) in [6.45, 7) is 10.2. The van der Waals surface area contributed by atoms with E-state index in [0.29, 0.717) is 13.2 Å². The van der Waals surface area contributed by atoms with E-state index in [-0.39, 0.29) is 29.4 Å². The molecule has 1 N–H and O–H groups in total. The van der Waals surface area contributed by atoms with Crippen molar-refractivity contribution in [3.8, 4) is 0 Å². The molecule has 1 aliphatic rings. The summed E-state index contributed by atoms with van der Waals surface area (Å²) in [5, 5.41) is 3.10. The first kappa shape index (κ1) is 16.4. The van der Waals surface area contributed by atoms with Gasteiger partial charge in [0, 0.05) is 13.2 Å². The molecule has 0 aromatic heterocycles. The van der Waals surface area contributed by atoms with Crippen molar-refractivity contribution in [2.45, 2.75) is 53.0 Å². The molecule has 0 bridgehead atoms. The van der Waals surface area contributed by atoms with Gasteiger partial charge in [-0.1, -0.05) is 27.7 Å². The molecule has 0 atom stereocenters. The Balaban J connectivity index is 2.37. The van der Waals surface area contributed by atoms with Crippen LogP contribution in [0.2, 0.25) is 0 Å². The van der Waals surface area contributed by atoms with Gasteiger partial charge in [0.25, 0.3) is 0 Å². The van der Waals surface area contributed by atoms with Crippen molar-refractivity contribution in [3.63, 3.8) is 0 Å². The lowest BCUT2D eigenvalue weighted by Crippen LogP contribution is -2.47. The first-order chi connectivity index (χ1) is 8.74. The van der Waals surface area contributed by atoms with E-state index in [4.69, 9.17) is 9.47 Å². The SMILES string of the molecule is COCCOCC(=O)NC1CC(C)(C)CC(C)(C)C1. The minimum absolute atomic E-state index is 0.0189. The predicted molar refractivity (Wildman–Crippen MR) is 76.0 cm³/mol. The van der Waals surface area contributed by atoms with Crippen LogP contribution in [0.5, 0.6) is 0 Å². The molecular formula is C15H29NO3.